The molecule has 4 aromatic rings. The zero-order valence-corrected chi connectivity index (χ0v) is 37.7. The fourth-order valence-electron chi connectivity index (χ4n) is 5.82. The molecule has 4 aromatic heterocycles. The molecule has 0 bridgehead atoms. The maximum absolute atomic E-state index is 12.0. The van der Waals surface area contributed by atoms with Gasteiger partial charge in [-0.3, -0.25) is 49.2 Å². The van der Waals surface area contributed by atoms with Gasteiger partial charge < -0.3 is 35.3 Å². The van der Waals surface area contributed by atoms with Crippen molar-refractivity contribution < 1.29 is 43.0 Å². The Bertz CT molecular complexity index is 2000. The van der Waals surface area contributed by atoms with E-state index in [0.717, 1.165) is 71.0 Å². The number of nitrogens with two attached hydrogens (primary N) is 1. The SMILES string of the molecule is BrCCOCCBr.CCOC(=O)Cc1ccncc1N.CCOC(=O)Cc1ccncc1[N+](=O)[O-].Cl.O=C1Cc2ccncc2N1.O=C1Nc2cnccc2C12CCOCC2. The van der Waals surface area contributed by atoms with Gasteiger partial charge in [-0.15, -0.1) is 12.4 Å². The first kappa shape index (κ1) is 52.0. The second-order valence-corrected chi connectivity index (χ2v) is 14.2. The average Bonchev–Trinajstić information content (AvgIpc) is 3.75. The summed E-state index contributed by atoms with van der Waals surface area (Å²) in [6.07, 6.45) is 14.6. The van der Waals surface area contributed by atoms with E-state index in [-0.39, 0.29) is 60.7 Å². The number of anilines is 3. The molecular weight excluding hydrogens is 948 g/mol. The summed E-state index contributed by atoms with van der Waals surface area (Å²) in [5.74, 6) is -0.580. The summed E-state index contributed by atoms with van der Waals surface area (Å²) in [5, 5.41) is 18.0. The van der Waals surface area contributed by atoms with Crippen LogP contribution in [0.2, 0.25) is 0 Å². The molecule has 0 saturated carbocycles. The highest BCUT2D eigenvalue weighted by molar-refractivity contribution is 9.09. The van der Waals surface area contributed by atoms with Crippen molar-refractivity contribution in [2.24, 2.45) is 0 Å². The van der Waals surface area contributed by atoms with E-state index in [2.05, 4.69) is 62.4 Å². The third kappa shape index (κ3) is 17.0. The summed E-state index contributed by atoms with van der Waals surface area (Å²) in [6.45, 7) is 7.05. The molecule has 3 aliphatic heterocycles. The van der Waals surface area contributed by atoms with Crippen molar-refractivity contribution in [3.63, 3.8) is 0 Å². The summed E-state index contributed by atoms with van der Waals surface area (Å²) >= 11 is 6.48. The van der Waals surface area contributed by atoms with Gasteiger partial charge >= 0.3 is 11.9 Å². The molecule has 18 nitrogen and oxygen atoms in total. The van der Waals surface area contributed by atoms with Crippen LogP contribution in [0.5, 0.6) is 0 Å². The molecule has 1 spiro atoms. The number of hydrogen-bond donors (Lipinski definition) is 3. The van der Waals surface area contributed by atoms with Crippen LogP contribution in [0.3, 0.4) is 0 Å². The van der Waals surface area contributed by atoms with E-state index in [1.165, 1.54) is 18.5 Å². The standard InChI is InChI=1S/C11H12N2O2.C9H10N2O4.C9H12N2O2.C7H6N2O.C4H8Br2O.ClH/c14-10-11(2-5-15-6-3-11)8-1-4-12-7-9(8)13-10;1-2-15-9(12)5-7-3-4-10-6-8(7)11(13)14;1-2-13-9(12)5-7-3-4-11-6-8(7)10;10-7-3-5-1-2-8-4-6(5)9-7;5-1-3-7-4-2-6;/h1,4,7H,2-3,5-6H2,(H,13,14);3-4,6H,2,5H2,1H3;3-4,6H,2,5,10H2,1H3;1-2,4H,3H2,(H,9,10);1-4H2;1H. The van der Waals surface area contributed by atoms with E-state index >= 15 is 0 Å². The molecule has 61 heavy (non-hydrogen) atoms. The number of ether oxygens (including phenoxy) is 4. The van der Waals surface area contributed by atoms with E-state index in [4.69, 9.17) is 24.7 Å². The van der Waals surface area contributed by atoms with Crippen LogP contribution in [0.4, 0.5) is 22.7 Å². The first-order valence-corrected chi connectivity index (χ1v) is 21.1. The number of carbonyl (C=O) groups is 4. The fourth-order valence-corrected chi connectivity index (χ4v) is 6.28. The Morgan fingerprint density at radius 1 is 0.820 bits per heavy atom. The minimum absolute atomic E-state index is 0. The normalized spacial score (nSPS) is 13.4. The lowest BCUT2D eigenvalue weighted by molar-refractivity contribution is -0.385. The molecule has 1 fully saturated rings. The largest absolute Gasteiger partial charge is 0.466 e. The van der Waals surface area contributed by atoms with Crippen LogP contribution in [-0.2, 0) is 62.8 Å². The maximum Gasteiger partial charge on any atom is 0.310 e. The fraction of sp³-hybridized carbons (Fsp3) is 0.400. The minimum Gasteiger partial charge on any atom is -0.466 e. The van der Waals surface area contributed by atoms with Crippen LogP contribution < -0.4 is 16.4 Å². The molecule has 0 aliphatic carbocycles. The zero-order valence-electron chi connectivity index (χ0n) is 33.7. The van der Waals surface area contributed by atoms with Gasteiger partial charge in [0, 0.05) is 54.2 Å². The van der Waals surface area contributed by atoms with Crippen molar-refractivity contribution in [2.45, 2.75) is 51.4 Å². The number of nitrogen functional groups attached to an aromatic ring is 1. The molecule has 0 radical (unpaired) electrons. The molecule has 21 heteroatoms. The number of amides is 2. The highest BCUT2D eigenvalue weighted by Crippen LogP contribution is 2.43. The highest BCUT2D eigenvalue weighted by atomic mass is 79.9. The molecule has 4 N–H and O–H groups in total. The molecule has 1 saturated heterocycles. The zero-order chi connectivity index (χ0) is 43.8. The van der Waals surface area contributed by atoms with E-state index in [9.17, 15) is 29.3 Å². The number of nitrogens with one attached hydrogen (secondary N) is 2. The Morgan fingerprint density at radius 2 is 1.36 bits per heavy atom. The smallest absolute Gasteiger partial charge is 0.310 e. The van der Waals surface area contributed by atoms with Gasteiger partial charge in [0.2, 0.25) is 11.8 Å². The molecule has 0 aromatic carbocycles. The lowest BCUT2D eigenvalue weighted by atomic mass is 9.75. The third-order valence-corrected chi connectivity index (χ3v) is 9.30. The maximum atomic E-state index is 12.0. The Hall–Kier alpha value is -5.15. The van der Waals surface area contributed by atoms with Gasteiger partial charge in [-0.2, -0.15) is 0 Å². The Labute approximate surface area is 376 Å². The summed E-state index contributed by atoms with van der Waals surface area (Å²) in [5.41, 5.74) is 10.5. The van der Waals surface area contributed by atoms with Gasteiger partial charge in [-0.05, 0) is 67.6 Å². The monoisotopic (exact) mass is 994 g/mol. The number of esters is 2. The van der Waals surface area contributed by atoms with E-state index in [1.807, 2.05) is 12.1 Å². The number of fused-ring (bicyclic) bond motifs is 3. The van der Waals surface area contributed by atoms with Gasteiger partial charge in [0.1, 0.15) is 6.20 Å². The van der Waals surface area contributed by atoms with Crippen molar-refractivity contribution in [2.75, 3.05) is 66.7 Å². The van der Waals surface area contributed by atoms with E-state index in [0.29, 0.717) is 37.5 Å². The first-order chi connectivity index (χ1) is 29.0. The van der Waals surface area contributed by atoms with Gasteiger partial charge in [0.25, 0.3) is 5.69 Å². The topological polar surface area (TPSA) is 250 Å². The summed E-state index contributed by atoms with van der Waals surface area (Å²) in [7, 11) is 0. The molecule has 0 atom stereocenters. The van der Waals surface area contributed by atoms with Gasteiger partial charge in [-0.25, -0.2) is 0 Å². The van der Waals surface area contributed by atoms with Gasteiger partial charge in [0.15, 0.2) is 0 Å². The van der Waals surface area contributed by atoms with Crippen LogP contribution in [0.25, 0.3) is 0 Å². The van der Waals surface area contributed by atoms with Crippen molar-refractivity contribution in [3.05, 3.63) is 106 Å². The van der Waals surface area contributed by atoms with Crippen LogP contribution in [0, 0.1) is 10.1 Å². The van der Waals surface area contributed by atoms with Crippen LogP contribution >= 0.6 is 44.3 Å². The summed E-state index contributed by atoms with van der Waals surface area (Å²) in [4.78, 5) is 70.3. The van der Waals surface area contributed by atoms with Crippen molar-refractivity contribution >= 4 is 90.8 Å². The van der Waals surface area contributed by atoms with Crippen molar-refractivity contribution in [1.29, 1.82) is 0 Å². The molecule has 330 valence electrons. The lowest BCUT2D eigenvalue weighted by Gasteiger charge is -2.31. The van der Waals surface area contributed by atoms with Crippen LogP contribution in [0.1, 0.15) is 48.9 Å². The Kier molecular flexibility index (Phi) is 24.2. The molecule has 2 amide bonds. The number of hydrogen-bond acceptors (Lipinski definition) is 15. The number of rotatable bonds is 11. The van der Waals surface area contributed by atoms with E-state index in [1.54, 1.807) is 50.9 Å². The molecule has 7 rings (SSSR count). The number of aromatic nitrogens is 4. The molecular formula is C40H49Br2ClN8O10. The Balaban J connectivity index is 0.000000267. The number of nitrogens with zero attached hydrogens (tertiary/aromatic N) is 5. The summed E-state index contributed by atoms with van der Waals surface area (Å²) < 4.78 is 19.8. The van der Waals surface area contributed by atoms with Crippen molar-refractivity contribution in [3.8, 4) is 0 Å². The molecule has 7 heterocycles. The number of pyridine rings is 4. The number of alkyl halides is 2. The quantitative estimate of drug-likeness (QED) is 0.0533. The highest BCUT2D eigenvalue weighted by Gasteiger charge is 2.47. The van der Waals surface area contributed by atoms with Gasteiger partial charge in [0.05, 0.1) is 91.7 Å². The van der Waals surface area contributed by atoms with Gasteiger partial charge in [-0.1, -0.05) is 31.9 Å². The second-order valence-electron chi connectivity index (χ2n) is 12.6. The number of nitro groups is 1. The van der Waals surface area contributed by atoms with Crippen molar-refractivity contribution in [1.82, 2.24) is 19.9 Å². The molecule has 0 unspecified atom stereocenters. The number of carbonyl (C=O) groups excluding carboxylic acids is 4. The number of halogens is 3. The minimum atomic E-state index is -0.568. The van der Waals surface area contributed by atoms with E-state index < -0.39 is 10.9 Å². The summed E-state index contributed by atoms with van der Waals surface area (Å²) in [6, 6.07) is 6.95. The van der Waals surface area contributed by atoms with Crippen LogP contribution in [-0.4, -0.2) is 98.9 Å². The Morgan fingerprint density at radius 3 is 1.93 bits per heavy atom. The van der Waals surface area contributed by atoms with Crippen LogP contribution in [0.15, 0.2) is 73.8 Å². The average molecular weight is 997 g/mol. The molecule has 3 aliphatic rings. The predicted molar refractivity (Wildman–Crippen MR) is 237 cm³/mol. The lowest BCUT2D eigenvalue weighted by Crippen LogP contribution is -2.39. The first-order valence-electron chi connectivity index (χ1n) is 18.8. The second kappa shape index (κ2) is 28.4. The third-order valence-electron chi connectivity index (χ3n) is 8.66. The predicted octanol–water partition coefficient (Wildman–Crippen LogP) is 5.74.